The van der Waals surface area contributed by atoms with E-state index in [0.717, 1.165) is 4.90 Å². The van der Waals surface area contributed by atoms with Crippen molar-refractivity contribution < 1.29 is 29.3 Å². The smallest absolute Gasteiger partial charge is 0.410 e. The Morgan fingerprint density at radius 3 is 1.95 bits per heavy atom. The summed E-state index contributed by atoms with van der Waals surface area (Å²) in [6.07, 6.45) is -0.974. The van der Waals surface area contributed by atoms with Gasteiger partial charge in [0.15, 0.2) is 0 Å². The molecule has 0 aromatic rings. The Hall–Kier alpha value is -1.79. The number of carbonyl (C=O) groups is 3. The summed E-state index contributed by atoms with van der Waals surface area (Å²) in [5, 5.41) is 17.9. The van der Waals surface area contributed by atoms with Crippen LogP contribution < -0.4 is 0 Å². The molecule has 0 bridgehead atoms. The number of amides is 1. The zero-order valence-electron chi connectivity index (χ0n) is 11.8. The van der Waals surface area contributed by atoms with E-state index in [2.05, 4.69) is 0 Å². The highest BCUT2D eigenvalue weighted by molar-refractivity contribution is 5.81. The van der Waals surface area contributed by atoms with Gasteiger partial charge in [0.05, 0.1) is 5.92 Å². The molecule has 110 valence electrons. The topological polar surface area (TPSA) is 104 Å². The van der Waals surface area contributed by atoms with Gasteiger partial charge in [-0.3, -0.25) is 9.69 Å². The van der Waals surface area contributed by atoms with E-state index >= 15 is 0 Å². The average molecular weight is 275 g/mol. The van der Waals surface area contributed by atoms with E-state index < -0.39 is 35.6 Å². The molecule has 2 N–H and O–H groups in total. The van der Waals surface area contributed by atoms with Crippen LogP contribution >= 0.6 is 0 Å². The number of nitrogens with zero attached hydrogens (tertiary/aromatic N) is 1. The number of carbonyl (C=O) groups excluding carboxylic acids is 1. The van der Waals surface area contributed by atoms with Gasteiger partial charge < -0.3 is 14.9 Å². The minimum atomic E-state index is -1.26. The summed E-state index contributed by atoms with van der Waals surface area (Å²) in [5.74, 6) is -3.24. The first-order chi connectivity index (χ1) is 8.45. The SMILES string of the molecule is C[C@H](C[C@@H](C(=O)O)N(C)C(=O)OC(C)(C)C)C(=O)O. The summed E-state index contributed by atoms with van der Waals surface area (Å²) in [7, 11) is 1.28. The van der Waals surface area contributed by atoms with E-state index in [-0.39, 0.29) is 6.42 Å². The number of hydrogen-bond acceptors (Lipinski definition) is 4. The van der Waals surface area contributed by atoms with E-state index in [4.69, 9.17) is 14.9 Å². The van der Waals surface area contributed by atoms with Gasteiger partial charge in [0.2, 0.25) is 0 Å². The third kappa shape index (κ3) is 6.08. The largest absolute Gasteiger partial charge is 0.481 e. The zero-order valence-corrected chi connectivity index (χ0v) is 11.8. The average Bonchev–Trinajstić information content (AvgIpc) is 2.21. The van der Waals surface area contributed by atoms with Crippen molar-refractivity contribution in [2.75, 3.05) is 7.05 Å². The summed E-state index contributed by atoms with van der Waals surface area (Å²) in [6, 6.07) is -1.24. The lowest BCUT2D eigenvalue weighted by molar-refractivity contribution is -0.146. The predicted octanol–water partition coefficient (Wildman–Crippen LogP) is 1.42. The highest BCUT2D eigenvalue weighted by Crippen LogP contribution is 2.15. The van der Waals surface area contributed by atoms with Crippen LogP contribution in [-0.2, 0) is 14.3 Å². The van der Waals surface area contributed by atoms with Gasteiger partial charge in [0, 0.05) is 7.05 Å². The molecule has 19 heavy (non-hydrogen) atoms. The van der Waals surface area contributed by atoms with Crippen molar-refractivity contribution in [1.29, 1.82) is 0 Å². The fourth-order valence-corrected chi connectivity index (χ4v) is 1.32. The van der Waals surface area contributed by atoms with E-state index in [1.807, 2.05) is 0 Å². The van der Waals surface area contributed by atoms with Crippen LogP contribution in [0.25, 0.3) is 0 Å². The molecule has 0 radical (unpaired) electrons. The standard InChI is InChI=1S/C12H21NO6/c1-7(9(14)15)6-8(10(16)17)13(5)11(18)19-12(2,3)4/h7-8H,6H2,1-5H3,(H,14,15)(H,16,17)/t7-,8+/m1/s1. The Labute approximate surface area is 112 Å². The Bertz CT molecular complexity index is 360. The van der Waals surface area contributed by atoms with Crippen molar-refractivity contribution in [3.8, 4) is 0 Å². The lowest BCUT2D eigenvalue weighted by atomic mass is 10.0. The predicted molar refractivity (Wildman–Crippen MR) is 66.8 cm³/mol. The van der Waals surface area contributed by atoms with Crippen LogP contribution in [0.3, 0.4) is 0 Å². The van der Waals surface area contributed by atoms with Crippen LogP contribution in [0.4, 0.5) is 4.79 Å². The monoisotopic (exact) mass is 275 g/mol. The maximum absolute atomic E-state index is 11.7. The van der Waals surface area contributed by atoms with Crippen molar-refractivity contribution in [3.63, 3.8) is 0 Å². The number of hydrogen-bond donors (Lipinski definition) is 2. The van der Waals surface area contributed by atoms with Gasteiger partial charge in [-0.15, -0.1) is 0 Å². The lowest BCUT2D eigenvalue weighted by Crippen LogP contribution is -2.46. The second kappa shape index (κ2) is 6.40. The van der Waals surface area contributed by atoms with E-state index in [9.17, 15) is 14.4 Å². The van der Waals surface area contributed by atoms with Gasteiger partial charge in [-0.2, -0.15) is 0 Å². The second-order valence-corrected chi connectivity index (χ2v) is 5.42. The molecule has 0 aliphatic heterocycles. The number of carboxylic acids is 2. The molecule has 7 heteroatoms. The fraction of sp³-hybridized carbons (Fsp3) is 0.750. The van der Waals surface area contributed by atoms with Gasteiger partial charge in [-0.25, -0.2) is 9.59 Å². The quantitative estimate of drug-likeness (QED) is 0.786. The number of carboxylic acid groups (broad SMARTS) is 2. The molecule has 1 amide bonds. The number of ether oxygens (including phenoxy) is 1. The van der Waals surface area contributed by atoms with Crippen molar-refractivity contribution in [1.82, 2.24) is 4.90 Å². The Morgan fingerprint density at radius 1 is 1.16 bits per heavy atom. The van der Waals surface area contributed by atoms with Crippen LogP contribution in [0.5, 0.6) is 0 Å². The molecule has 7 nitrogen and oxygen atoms in total. The van der Waals surface area contributed by atoms with Crippen LogP contribution in [0.15, 0.2) is 0 Å². The van der Waals surface area contributed by atoms with Gasteiger partial charge >= 0.3 is 18.0 Å². The first-order valence-electron chi connectivity index (χ1n) is 5.87. The van der Waals surface area contributed by atoms with Crippen molar-refractivity contribution in [2.24, 2.45) is 5.92 Å². The first kappa shape index (κ1) is 17.2. The highest BCUT2D eigenvalue weighted by atomic mass is 16.6. The minimum absolute atomic E-state index is 0.180. The minimum Gasteiger partial charge on any atom is -0.481 e. The molecule has 0 heterocycles. The van der Waals surface area contributed by atoms with E-state index in [1.54, 1.807) is 20.8 Å². The van der Waals surface area contributed by atoms with Crippen molar-refractivity contribution in [2.45, 2.75) is 45.8 Å². The Kier molecular flexibility index (Phi) is 5.80. The molecule has 2 atom stereocenters. The normalized spacial score (nSPS) is 14.4. The molecular weight excluding hydrogens is 254 g/mol. The van der Waals surface area contributed by atoms with E-state index in [1.165, 1.54) is 14.0 Å². The molecule has 0 saturated heterocycles. The number of rotatable bonds is 5. The zero-order chi connectivity index (χ0) is 15.4. The van der Waals surface area contributed by atoms with Crippen LogP contribution in [-0.4, -0.2) is 51.8 Å². The van der Waals surface area contributed by atoms with Crippen LogP contribution in [0.2, 0.25) is 0 Å². The third-order valence-corrected chi connectivity index (χ3v) is 2.43. The summed E-state index contributed by atoms with van der Waals surface area (Å²) < 4.78 is 5.05. The molecule has 0 unspecified atom stereocenters. The third-order valence-electron chi connectivity index (χ3n) is 2.43. The highest BCUT2D eigenvalue weighted by Gasteiger charge is 2.32. The number of aliphatic carboxylic acids is 2. The fourth-order valence-electron chi connectivity index (χ4n) is 1.32. The molecule has 0 saturated carbocycles. The van der Waals surface area contributed by atoms with E-state index in [0.29, 0.717) is 0 Å². The summed E-state index contributed by atoms with van der Waals surface area (Å²) in [6.45, 7) is 6.37. The van der Waals surface area contributed by atoms with Gasteiger partial charge in [0.1, 0.15) is 11.6 Å². The van der Waals surface area contributed by atoms with Crippen molar-refractivity contribution in [3.05, 3.63) is 0 Å². The molecule has 0 fully saturated rings. The lowest BCUT2D eigenvalue weighted by Gasteiger charge is -2.29. The maximum atomic E-state index is 11.7. The Balaban J connectivity index is 4.85. The van der Waals surface area contributed by atoms with Crippen molar-refractivity contribution >= 4 is 18.0 Å². The maximum Gasteiger partial charge on any atom is 0.410 e. The molecule has 0 aliphatic carbocycles. The molecule has 0 aliphatic rings. The molecular formula is C12H21NO6. The molecule has 0 aromatic heterocycles. The molecule has 0 aromatic carbocycles. The molecule has 0 spiro atoms. The summed E-state index contributed by atoms with van der Waals surface area (Å²) in [4.78, 5) is 34.5. The van der Waals surface area contributed by atoms with Crippen LogP contribution in [0.1, 0.15) is 34.1 Å². The summed E-state index contributed by atoms with van der Waals surface area (Å²) in [5.41, 5.74) is -0.743. The Morgan fingerprint density at radius 2 is 1.63 bits per heavy atom. The van der Waals surface area contributed by atoms with Gasteiger partial charge in [-0.1, -0.05) is 6.92 Å². The first-order valence-corrected chi connectivity index (χ1v) is 5.87. The molecule has 0 rings (SSSR count). The summed E-state index contributed by atoms with van der Waals surface area (Å²) >= 11 is 0. The van der Waals surface area contributed by atoms with Gasteiger partial charge in [-0.05, 0) is 27.2 Å². The van der Waals surface area contributed by atoms with Gasteiger partial charge in [0.25, 0.3) is 0 Å². The number of likely N-dealkylation sites (N-methyl/N-ethyl adjacent to an activating group) is 1. The second-order valence-electron chi connectivity index (χ2n) is 5.42. The van der Waals surface area contributed by atoms with Crippen LogP contribution in [0, 0.1) is 5.92 Å².